The summed E-state index contributed by atoms with van der Waals surface area (Å²) in [6, 6.07) is 0.424. The molecule has 0 aromatic heterocycles. The van der Waals surface area contributed by atoms with E-state index in [4.69, 9.17) is 4.74 Å². The molecular formula is C10H21NO. The van der Waals surface area contributed by atoms with Crippen LogP contribution in [0, 0.1) is 5.92 Å². The molecule has 72 valence electrons. The maximum atomic E-state index is 5.45. The van der Waals surface area contributed by atoms with Gasteiger partial charge in [0.15, 0.2) is 0 Å². The molecule has 2 heteroatoms. The Kier molecular flexibility index (Phi) is 5.81. The summed E-state index contributed by atoms with van der Waals surface area (Å²) in [6.45, 7) is 10.9. The number of ether oxygens (including phenoxy) is 1. The summed E-state index contributed by atoms with van der Waals surface area (Å²) in [7, 11) is 1.96. The van der Waals surface area contributed by atoms with E-state index in [1.165, 1.54) is 0 Å². The van der Waals surface area contributed by atoms with Crippen LogP contribution in [0.3, 0.4) is 0 Å². The fourth-order valence-electron chi connectivity index (χ4n) is 0.919. The zero-order valence-electron chi connectivity index (χ0n) is 8.68. The maximum Gasteiger partial charge on any atom is 0.103 e. The van der Waals surface area contributed by atoms with Gasteiger partial charge >= 0.3 is 0 Å². The van der Waals surface area contributed by atoms with Crippen molar-refractivity contribution in [1.29, 1.82) is 0 Å². The molecule has 0 amide bonds. The second-order valence-electron chi connectivity index (χ2n) is 3.34. The summed E-state index contributed by atoms with van der Waals surface area (Å²) in [5.41, 5.74) is 0. The van der Waals surface area contributed by atoms with Gasteiger partial charge < -0.3 is 10.1 Å². The molecule has 0 saturated heterocycles. The third-order valence-corrected chi connectivity index (χ3v) is 2.04. The Morgan fingerprint density at radius 3 is 2.42 bits per heavy atom. The number of nitrogens with one attached hydrogen (secondary N) is 1. The van der Waals surface area contributed by atoms with Gasteiger partial charge in [-0.2, -0.15) is 0 Å². The molecule has 0 radical (unpaired) electrons. The van der Waals surface area contributed by atoms with Crippen LogP contribution in [0.15, 0.2) is 12.3 Å². The van der Waals surface area contributed by atoms with E-state index in [2.05, 4.69) is 25.7 Å². The van der Waals surface area contributed by atoms with Crippen molar-refractivity contribution in [2.24, 2.45) is 5.92 Å². The quantitative estimate of drug-likeness (QED) is 0.618. The average molecular weight is 171 g/mol. The predicted octanol–water partition coefficient (Wildman–Crippen LogP) is 2.17. The zero-order valence-corrected chi connectivity index (χ0v) is 8.68. The van der Waals surface area contributed by atoms with Crippen molar-refractivity contribution in [1.82, 2.24) is 5.32 Å². The van der Waals surface area contributed by atoms with Gasteiger partial charge in [0, 0.05) is 12.5 Å². The monoisotopic (exact) mass is 171 g/mol. The lowest BCUT2D eigenvalue weighted by atomic mass is 10.1. The van der Waals surface area contributed by atoms with Crippen molar-refractivity contribution in [2.45, 2.75) is 33.2 Å². The van der Waals surface area contributed by atoms with Gasteiger partial charge in [-0.15, -0.1) is 0 Å². The molecular weight excluding hydrogens is 150 g/mol. The molecule has 0 aliphatic heterocycles. The Hall–Kier alpha value is -0.500. The highest BCUT2D eigenvalue weighted by Gasteiger charge is 2.10. The highest BCUT2D eigenvalue weighted by atomic mass is 16.5. The SMILES string of the molecule is C=C(CC)OCC(NC)C(C)C. The highest BCUT2D eigenvalue weighted by Crippen LogP contribution is 2.05. The van der Waals surface area contributed by atoms with Gasteiger partial charge in [0.2, 0.25) is 0 Å². The van der Waals surface area contributed by atoms with Gasteiger partial charge in [-0.1, -0.05) is 27.4 Å². The van der Waals surface area contributed by atoms with Crippen LogP contribution in [0.1, 0.15) is 27.2 Å². The molecule has 0 aromatic carbocycles. The van der Waals surface area contributed by atoms with E-state index in [0.29, 0.717) is 12.0 Å². The second-order valence-corrected chi connectivity index (χ2v) is 3.34. The number of hydrogen-bond donors (Lipinski definition) is 1. The van der Waals surface area contributed by atoms with Gasteiger partial charge in [0.1, 0.15) is 6.61 Å². The number of allylic oxidation sites excluding steroid dienone is 1. The van der Waals surface area contributed by atoms with Crippen LogP contribution in [0.25, 0.3) is 0 Å². The fourth-order valence-corrected chi connectivity index (χ4v) is 0.919. The van der Waals surface area contributed by atoms with Gasteiger partial charge in [-0.3, -0.25) is 0 Å². The van der Waals surface area contributed by atoms with E-state index in [0.717, 1.165) is 18.8 Å². The molecule has 0 rings (SSSR count). The summed E-state index contributed by atoms with van der Waals surface area (Å²) < 4.78 is 5.45. The lowest BCUT2D eigenvalue weighted by molar-refractivity contribution is 0.158. The molecule has 0 aliphatic rings. The number of likely N-dealkylation sites (N-methyl/N-ethyl adjacent to an activating group) is 1. The van der Waals surface area contributed by atoms with Crippen molar-refractivity contribution in [2.75, 3.05) is 13.7 Å². The minimum atomic E-state index is 0.424. The van der Waals surface area contributed by atoms with Crippen molar-refractivity contribution >= 4 is 0 Å². The Morgan fingerprint density at radius 1 is 1.50 bits per heavy atom. The van der Waals surface area contributed by atoms with Gasteiger partial charge in [-0.25, -0.2) is 0 Å². The van der Waals surface area contributed by atoms with Crippen LogP contribution in [0.5, 0.6) is 0 Å². The molecule has 0 fully saturated rings. The fraction of sp³-hybridized carbons (Fsp3) is 0.800. The Bertz CT molecular complexity index is 132. The number of rotatable bonds is 6. The maximum absolute atomic E-state index is 5.45. The van der Waals surface area contributed by atoms with E-state index in [1.54, 1.807) is 0 Å². The molecule has 0 bridgehead atoms. The molecule has 0 aromatic rings. The first-order chi connectivity index (χ1) is 5.61. The third kappa shape index (κ3) is 4.39. The molecule has 0 saturated carbocycles. The van der Waals surface area contributed by atoms with Crippen LogP contribution < -0.4 is 5.32 Å². The molecule has 1 unspecified atom stereocenters. The standard InChI is InChI=1S/C10H21NO/c1-6-9(4)12-7-10(11-5)8(2)3/h8,10-11H,4,6-7H2,1-3,5H3. The summed E-state index contributed by atoms with van der Waals surface area (Å²) >= 11 is 0. The molecule has 2 nitrogen and oxygen atoms in total. The Morgan fingerprint density at radius 2 is 2.08 bits per heavy atom. The zero-order chi connectivity index (χ0) is 9.56. The largest absolute Gasteiger partial charge is 0.497 e. The molecule has 1 atom stereocenters. The third-order valence-electron chi connectivity index (χ3n) is 2.04. The normalized spacial score (nSPS) is 13.1. The van der Waals surface area contributed by atoms with E-state index in [-0.39, 0.29) is 0 Å². The average Bonchev–Trinajstić information content (AvgIpc) is 2.04. The minimum Gasteiger partial charge on any atom is -0.497 e. The van der Waals surface area contributed by atoms with Crippen molar-refractivity contribution in [3.05, 3.63) is 12.3 Å². The molecule has 0 aliphatic carbocycles. The lowest BCUT2D eigenvalue weighted by Gasteiger charge is -2.20. The van der Waals surface area contributed by atoms with E-state index >= 15 is 0 Å². The highest BCUT2D eigenvalue weighted by molar-refractivity contribution is 4.81. The summed E-state index contributed by atoms with van der Waals surface area (Å²) in [6.07, 6.45) is 0.897. The van der Waals surface area contributed by atoms with Crippen LogP contribution in [-0.4, -0.2) is 19.7 Å². The lowest BCUT2D eigenvalue weighted by Crippen LogP contribution is -2.35. The predicted molar refractivity (Wildman–Crippen MR) is 53.1 cm³/mol. The van der Waals surface area contributed by atoms with Crippen LogP contribution in [0.2, 0.25) is 0 Å². The first kappa shape index (κ1) is 11.5. The topological polar surface area (TPSA) is 21.3 Å². The van der Waals surface area contributed by atoms with Crippen LogP contribution in [-0.2, 0) is 4.74 Å². The van der Waals surface area contributed by atoms with Crippen LogP contribution in [0.4, 0.5) is 0 Å². The Labute approximate surface area is 76.0 Å². The first-order valence-electron chi connectivity index (χ1n) is 4.59. The van der Waals surface area contributed by atoms with Gasteiger partial charge in [-0.05, 0) is 13.0 Å². The molecule has 0 heterocycles. The van der Waals surface area contributed by atoms with Gasteiger partial charge in [0.25, 0.3) is 0 Å². The first-order valence-corrected chi connectivity index (χ1v) is 4.59. The second kappa shape index (κ2) is 6.06. The summed E-state index contributed by atoms with van der Waals surface area (Å²) in [4.78, 5) is 0. The van der Waals surface area contributed by atoms with Crippen molar-refractivity contribution in [3.8, 4) is 0 Å². The molecule has 1 N–H and O–H groups in total. The molecule has 0 spiro atoms. The van der Waals surface area contributed by atoms with E-state index < -0.39 is 0 Å². The smallest absolute Gasteiger partial charge is 0.103 e. The van der Waals surface area contributed by atoms with Crippen molar-refractivity contribution < 1.29 is 4.74 Å². The van der Waals surface area contributed by atoms with Crippen LogP contribution >= 0.6 is 0 Å². The molecule has 12 heavy (non-hydrogen) atoms. The van der Waals surface area contributed by atoms with Crippen molar-refractivity contribution in [3.63, 3.8) is 0 Å². The number of hydrogen-bond acceptors (Lipinski definition) is 2. The van der Waals surface area contributed by atoms with E-state index in [9.17, 15) is 0 Å². The summed E-state index contributed by atoms with van der Waals surface area (Å²) in [5, 5.41) is 3.21. The summed E-state index contributed by atoms with van der Waals surface area (Å²) in [5.74, 6) is 1.47. The van der Waals surface area contributed by atoms with E-state index in [1.807, 2.05) is 14.0 Å². The van der Waals surface area contributed by atoms with Gasteiger partial charge in [0.05, 0.1) is 5.76 Å². The Balaban J connectivity index is 3.65. The minimum absolute atomic E-state index is 0.424.